The Balaban J connectivity index is 1.56. The minimum Gasteiger partial charge on any atom is -0.371 e. The summed E-state index contributed by atoms with van der Waals surface area (Å²) >= 11 is 1.88. The fourth-order valence-electron chi connectivity index (χ4n) is 4.04. The molecule has 2 aliphatic rings. The molecule has 1 N–H and O–H groups in total. The van der Waals surface area contributed by atoms with Crippen molar-refractivity contribution in [2.24, 2.45) is 0 Å². The molecule has 0 unspecified atom stereocenters. The van der Waals surface area contributed by atoms with Gasteiger partial charge in [0.2, 0.25) is 0 Å². The van der Waals surface area contributed by atoms with Gasteiger partial charge < -0.3 is 20.0 Å². The number of hydrogen-bond donors (Lipinski definition) is 1. The van der Waals surface area contributed by atoms with E-state index in [0.29, 0.717) is 0 Å². The van der Waals surface area contributed by atoms with Crippen LogP contribution in [0.25, 0.3) is 0 Å². The molecule has 2 aromatic carbocycles. The van der Waals surface area contributed by atoms with Gasteiger partial charge in [-0.05, 0) is 56.3 Å². The Morgan fingerprint density at radius 1 is 0.893 bits per heavy atom. The molecule has 0 spiro atoms. The first-order valence-corrected chi connectivity index (χ1v) is 11.4. The molecule has 0 bridgehead atoms. The summed E-state index contributed by atoms with van der Waals surface area (Å²) < 4.78 is 0. The van der Waals surface area contributed by atoms with Crippen molar-refractivity contribution in [2.45, 2.75) is 36.5 Å². The lowest BCUT2D eigenvalue weighted by molar-refractivity contribution is 0.313. The molecule has 1 fully saturated rings. The first kappa shape index (κ1) is 19.5. The van der Waals surface area contributed by atoms with E-state index < -0.39 is 0 Å². The van der Waals surface area contributed by atoms with Crippen molar-refractivity contribution in [3.8, 4) is 0 Å². The fraction of sp³-hybridized carbons (Fsp3) is 0.478. The van der Waals surface area contributed by atoms with Gasteiger partial charge in [-0.1, -0.05) is 25.6 Å². The lowest BCUT2D eigenvalue weighted by Crippen LogP contribution is -2.44. The molecule has 0 amide bonds. The Kier molecular flexibility index (Phi) is 6.02. The third-order valence-corrected chi connectivity index (χ3v) is 6.79. The molecule has 1 saturated heterocycles. The van der Waals surface area contributed by atoms with E-state index in [4.69, 9.17) is 0 Å². The van der Waals surface area contributed by atoms with Gasteiger partial charge in [-0.25, -0.2) is 0 Å². The molecule has 2 heterocycles. The van der Waals surface area contributed by atoms with Crippen LogP contribution in [0.2, 0.25) is 0 Å². The van der Waals surface area contributed by atoms with Gasteiger partial charge in [-0.2, -0.15) is 0 Å². The van der Waals surface area contributed by atoms with E-state index in [9.17, 15) is 0 Å². The maximum Gasteiger partial charge on any atom is 0.0547 e. The number of fused-ring (bicyclic) bond motifs is 2. The maximum absolute atomic E-state index is 3.72. The Hall–Kier alpha value is -1.85. The zero-order valence-corrected chi connectivity index (χ0v) is 18.2. The van der Waals surface area contributed by atoms with Crippen molar-refractivity contribution in [1.82, 2.24) is 4.90 Å². The molecule has 0 atom stereocenters. The van der Waals surface area contributed by atoms with Crippen LogP contribution >= 0.6 is 11.8 Å². The van der Waals surface area contributed by atoms with Crippen molar-refractivity contribution < 1.29 is 0 Å². The SMILES string of the molecule is CCCN(CCC)c1ccc2c(c1)Nc1cc(N3CCN(C)CC3)ccc1S2. The predicted molar refractivity (Wildman–Crippen MR) is 123 cm³/mol. The molecule has 2 aliphatic heterocycles. The van der Waals surface area contributed by atoms with Crippen LogP contribution in [-0.2, 0) is 0 Å². The highest BCUT2D eigenvalue weighted by Crippen LogP contribution is 2.46. The van der Waals surface area contributed by atoms with E-state index in [1.165, 1.54) is 45.4 Å². The van der Waals surface area contributed by atoms with Crippen molar-refractivity contribution >= 4 is 34.5 Å². The van der Waals surface area contributed by atoms with Crippen molar-refractivity contribution in [2.75, 3.05) is 61.4 Å². The number of likely N-dealkylation sites (N-methyl/N-ethyl adjacent to an activating group) is 1. The van der Waals surface area contributed by atoms with Crippen LogP contribution in [0.1, 0.15) is 26.7 Å². The standard InChI is InChI=1S/C23H32N4S/c1-4-10-26(11-5-2)18-6-8-22-20(16-18)24-21-17-19(7-9-23(21)28-22)27-14-12-25(3)13-15-27/h6-9,16-17,24H,4-5,10-15H2,1-3H3. The molecular weight excluding hydrogens is 364 g/mol. The third kappa shape index (κ3) is 4.11. The van der Waals surface area contributed by atoms with Gasteiger partial charge in [0.05, 0.1) is 11.4 Å². The summed E-state index contributed by atoms with van der Waals surface area (Å²) in [5.74, 6) is 0. The van der Waals surface area contributed by atoms with E-state index in [2.05, 4.69) is 77.3 Å². The van der Waals surface area contributed by atoms with Gasteiger partial charge in [0.15, 0.2) is 0 Å². The van der Waals surface area contributed by atoms with Crippen LogP contribution < -0.4 is 15.1 Å². The van der Waals surface area contributed by atoms with Crippen LogP contribution in [-0.4, -0.2) is 51.2 Å². The number of piperazine rings is 1. The summed E-state index contributed by atoms with van der Waals surface area (Å²) in [4.78, 5) is 10.0. The molecule has 0 aromatic heterocycles. The zero-order valence-electron chi connectivity index (χ0n) is 17.4. The van der Waals surface area contributed by atoms with E-state index in [0.717, 1.165) is 39.3 Å². The van der Waals surface area contributed by atoms with Crippen LogP contribution in [0.3, 0.4) is 0 Å². The van der Waals surface area contributed by atoms with Gasteiger partial charge in [0, 0.05) is 60.4 Å². The molecule has 4 nitrogen and oxygen atoms in total. The van der Waals surface area contributed by atoms with Crippen LogP contribution in [0.4, 0.5) is 22.7 Å². The molecule has 0 radical (unpaired) electrons. The molecule has 4 rings (SSSR count). The van der Waals surface area contributed by atoms with E-state index in [1.54, 1.807) is 0 Å². The van der Waals surface area contributed by atoms with E-state index in [1.807, 2.05) is 11.8 Å². The molecule has 0 aliphatic carbocycles. The second-order valence-corrected chi connectivity index (χ2v) is 8.95. The van der Waals surface area contributed by atoms with Gasteiger partial charge in [0.25, 0.3) is 0 Å². The zero-order chi connectivity index (χ0) is 19.5. The van der Waals surface area contributed by atoms with Crippen LogP contribution in [0, 0.1) is 0 Å². The Morgan fingerprint density at radius 3 is 2.21 bits per heavy atom. The number of anilines is 4. The second-order valence-electron chi connectivity index (χ2n) is 7.87. The summed E-state index contributed by atoms with van der Waals surface area (Å²) in [6.07, 6.45) is 2.35. The van der Waals surface area contributed by atoms with E-state index >= 15 is 0 Å². The quantitative estimate of drug-likeness (QED) is 0.611. The molecule has 5 heteroatoms. The highest BCUT2D eigenvalue weighted by Gasteiger charge is 2.20. The highest BCUT2D eigenvalue weighted by atomic mass is 32.2. The molecule has 28 heavy (non-hydrogen) atoms. The third-order valence-electron chi connectivity index (χ3n) is 5.64. The summed E-state index contributed by atoms with van der Waals surface area (Å²) in [6.45, 7) is 11.2. The lowest BCUT2D eigenvalue weighted by Gasteiger charge is -2.34. The van der Waals surface area contributed by atoms with Gasteiger partial charge in [0.1, 0.15) is 0 Å². The van der Waals surface area contributed by atoms with Gasteiger partial charge in [-0.15, -0.1) is 0 Å². The summed E-state index contributed by atoms with van der Waals surface area (Å²) in [5.41, 5.74) is 5.14. The first-order chi connectivity index (χ1) is 13.7. The van der Waals surface area contributed by atoms with Crippen molar-refractivity contribution in [3.63, 3.8) is 0 Å². The smallest absolute Gasteiger partial charge is 0.0547 e. The Bertz CT molecular complexity index is 808. The number of hydrogen-bond acceptors (Lipinski definition) is 5. The largest absolute Gasteiger partial charge is 0.371 e. The molecule has 2 aromatic rings. The fourth-order valence-corrected chi connectivity index (χ4v) is 4.99. The number of benzene rings is 2. The highest BCUT2D eigenvalue weighted by molar-refractivity contribution is 7.99. The number of rotatable bonds is 6. The molecule has 150 valence electrons. The normalized spacial score (nSPS) is 16.3. The second kappa shape index (κ2) is 8.66. The van der Waals surface area contributed by atoms with Crippen LogP contribution in [0.5, 0.6) is 0 Å². The first-order valence-electron chi connectivity index (χ1n) is 10.6. The number of nitrogens with zero attached hydrogens (tertiary/aromatic N) is 3. The molecular formula is C23H32N4S. The lowest BCUT2D eigenvalue weighted by atomic mass is 10.2. The van der Waals surface area contributed by atoms with Crippen molar-refractivity contribution in [3.05, 3.63) is 36.4 Å². The minimum absolute atomic E-state index is 1.10. The van der Waals surface area contributed by atoms with Gasteiger partial charge in [-0.3, -0.25) is 0 Å². The van der Waals surface area contributed by atoms with Crippen molar-refractivity contribution in [1.29, 1.82) is 0 Å². The minimum atomic E-state index is 1.10. The molecule has 0 saturated carbocycles. The summed E-state index contributed by atoms with van der Waals surface area (Å²) in [5, 5.41) is 3.72. The van der Waals surface area contributed by atoms with E-state index in [-0.39, 0.29) is 0 Å². The average molecular weight is 397 g/mol. The Labute approximate surface area is 173 Å². The monoisotopic (exact) mass is 396 g/mol. The Morgan fingerprint density at radius 2 is 1.54 bits per heavy atom. The number of nitrogens with one attached hydrogen (secondary N) is 1. The predicted octanol–water partition coefficient (Wildman–Crippen LogP) is 5.27. The topological polar surface area (TPSA) is 21.8 Å². The van der Waals surface area contributed by atoms with Gasteiger partial charge >= 0.3 is 0 Å². The average Bonchev–Trinajstić information content (AvgIpc) is 2.72. The summed E-state index contributed by atoms with van der Waals surface area (Å²) in [6, 6.07) is 13.8. The summed E-state index contributed by atoms with van der Waals surface area (Å²) in [7, 11) is 2.21. The van der Waals surface area contributed by atoms with Crippen LogP contribution in [0.15, 0.2) is 46.2 Å². The maximum atomic E-state index is 3.72.